The Morgan fingerprint density at radius 2 is 1.94 bits per heavy atom. The number of nitrogens with one attached hydrogen (secondary N) is 1. The van der Waals surface area contributed by atoms with Gasteiger partial charge < -0.3 is 11.1 Å². The number of pyridine rings is 1. The quantitative estimate of drug-likeness (QED) is 0.824. The second-order valence-corrected chi connectivity index (χ2v) is 5.38. The lowest BCUT2D eigenvalue weighted by Gasteiger charge is -2.29. The molecule has 0 amide bonds. The summed E-state index contributed by atoms with van der Waals surface area (Å²) in [6.45, 7) is 1.96. The Morgan fingerprint density at radius 1 is 1.29 bits per heavy atom. The van der Waals surface area contributed by atoms with Crippen LogP contribution in [0.4, 0.5) is 0 Å². The third-order valence-electron chi connectivity index (χ3n) is 3.19. The Balaban J connectivity index is 2.29. The van der Waals surface area contributed by atoms with Crippen LogP contribution in [-0.4, -0.2) is 18.1 Å². The van der Waals surface area contributed by atoms with Crippen molar-refractivity contribution < 1.29 is 0 Å². The molecule has 0 aliphatic carbocycles. The molecule has 94 valence electrons. The van der Waals surface area contributed by atoms with E-state index in [-0.39, 0.29) is 11.2 Å². The fourth-order valence-corrected chi connectivity index (χ4v) is 2.94. The van der Waals surface area contributed by atoms with Crippen molar-refractivity contribution in [2.45, 2.75) is 18.9 Å². The molecule has 1 aromatic heterocycles. The molecule has 2 rings (SSSR count). The second-order valence-electron chi connectivity index (χ2n) is 4.24. The van der Waals surface area contributed by atoms with Crippen molar-refractivity contribution in [3.05, 3.63) is 27.0 Å². The first-order valence-electron chi connectivity index (χ1n) is 5.57. The van der Waals surface area contributed by atoms with E-state index in [0.717, 1.165) is 31.5 Å². The molecular weight excluding hydrogens is 281 g/mol. The minimum atomic E-state index is -0.183. The molecule has 1 aliphatic heterocycles. The van der Waals surface area contributed by atoms with Crippen LogP contribution in [0.25, 0.3) is 0 Å². The standard InChI is InChI=1S/C11H14Cl3N3/c12-7-5-17-11(14)9(13)8(7)10(15)6-1-3-16-4-2-6/h5-6,10,16H,1-4,15H2/t10-/m1/s1. The number of nitrogens with zero attached hydrogens (tertiary/aromatic N) is 1. The van der Waals surface area contributed by atoms with Gasteiger partial charge in [0.1, 0.15) is 5.15 Å². The first-order valence-corrected chi connectivity index (χ1v) is 6.70. The van der Waals surface area contributed by atoms with Gasteiger partial charge in [0.25, 0.3) is 0 Å². The average Bonchev–Trinajstić information content (AvgIpc) is 2.35. The summed E-state index contributed by atoms with van der Waals surface area (Å²) in [5.74, 6) is 0.379. The fraction of sp³-hybridized carbons (Fsp3) is 0.545. The van der Waals surface area contributed by atoms with Crippen LogP contribution in [0.5, 0.6) is 0 Å². The monoisotopic (exact) mass is 293 g/mol. The molecule has 1 saturated heterocycles. The minimum absolute atomic E-state index is 0.183. The topological polar surface area (TPSA) is 50.9 Å². The molecule has 0 saturated carbocycles. The lowest BCUT2D eigenvalue weighted by atomic mass is 9.87. The molecule has 0 bridgehead atoms. The van der Waals surface area contributed by atoms with Crippen molar-refractivity contribution in [2.24, 2.45) is 11.7 Å². The van der Waals surface area contributed by atoms with Crippen LogP contribution in [0.3, 0.4) is 0 Å². The van der Waals surface area contributed by atoms with Crippen LogP contribution in [0.2, 0.25) is 15.2 Å². The smallest absolute Gasteiger partial charge is 0.148 e. The van der Waals surface area contributed by atoms with Crippen LogP contribution in [0.15, 0.2) is 6.20 Å². The van der Waals surface area contributed by atoms with Crippen molar-refractivity contribution in [1.82, 2.24) is 10.3 Å². The summed E-state index contributed by atoms with van der Waals surface area (Å²) >= 11 is 18.2. The van der Waals surface area contributed by atoms with Crippen molar-refractivity contribution in [3.8, 4) is 0 Å². The highest BCUT2D eigenvalue weighted by molar-refractivity contribution is 6.43. The Bertz CT molecular complexity index is 405. The van der Waals surface area contributed by atoms with E-state index in [1.807, 2.05) is 0 Å². The van der Waals surface area contributed by atoms with Gasteiger partial charge in [-0.2, -0.15) is 0 Å². The van der Waals surface area contributed by atoms with E-state index < -0.39 is 0 Å². The van der Waals surface area contributed by atoms with Gasteiger partial charge in [-0.1, -0.05) is 34.8 Å². The molecular formula is C11H14Cl3N3. The maximum absolute atomic E-state index is 6.26. The van der Waals surface area contributed by atoms with Gasteiger partial charge >= 0.3 is 0 Å². The van der Waals surface area contributed by atoms with E-state index in [1.165, 1.54) is 6.20 Å². The lowest BCUT2D eigenvalue weighted by Crippen LogP contribution is -2.34. The molecule has 0 radical (unpaired) electrons. The maximum Gasteiger partial charge on any atom is 0.148 e. The van der Waals surface area contributed by atoms with E-state index >= 15 is 0 Å². The summed E-state index contributed by atoms with van der Waals surface area (Å²) in [7, 11) is 0. The normalized spacial score (nSPS) is 19.3. The van der Waals surface area contributed by atoms with Crippen molar-refractivity contribution in [3.63, 3.8) is 0 Å². The Hall–Kier alpha value is -0.0600. The van der Waals surface area contributed by atoms with E-state index in [4.69, 9.17) is 40.5 Å². The number of nitrogens with two attached hydrogens (primary N) is 1. The molecule has 1 fully saturated rings. The molecule has 3 N–H and O–H groups in total. The average molecular weight is 295 g/mol. The highest BCUT2D eigenvalue weighted by Gasteiger charge is 2.26. The predicted molar refractivity (Wildman–Crippen MR) is 71.8 cm³/mol. The zero-order valence-corrected chi connectivity index (χ0v) is 11.5. The zero-order chi connectivity index (χ0) is 12.4. The molecule has 3 nitrogen and oxygen atoms in total. The van der Waals surface area contributed by atoms with Gasteiger partial charge in [0, 0.05) is 17.8 Å². The first-order chi connectivity index (χ1) is 8.11. The van der Waals surface area contributed by atoms with Crippen molar-refractivity contribution in [2.75, 3.05) is 13.1 Å². The third kappa shape index (κ3) is 2.85. The highest BCUT2D eigenvalue weighted by atomic mass is 35.5. The second kappa shape index (κ2) is 5.72. The summed E-state index contributed by atoms with van der Waals surface area (Å²) in [5.41, 5.74) is 6.98. The molecule has 2 heterocycles. The number of piperidine rings is 1. The van der Waals surface area contributed by atoms with Gasteiger partial charge in [-0.25, -0.2) is 4.98 Å². The summed E-state index contributed by atoms with van der Waals surface area (Å²) in [6, 6.07) is -0.183. The summed E-state index contributed by atoms with van der Waals surface area (Å²) < 4.78 is 0. The van der Waals surface area contributed by atoms with E-state index in [0.29, 0.717) is 16.0 Å². The van der Waals surface area contributed by atoms with Crippen LogP contribution in [0.1, 0.15) is 24.4 Å². The molecule has 1 aromatic rings. The lowest BCUT2D eigenvalue weighted by molar-refractivity contribution is 0.322. The number of rotatable bonds is 2. The Kier molecular flexibility index (Phi) is 4.50. The maximum atomic E-state index is 6.26. The summed E-state index contributed by atoms with van der Waals surface area (Å²) in [6.07, 6.45) is 3.55. The van der Waals surface area contributed by atoms with Gasteiger partial charge in [-0.05, 0) is 31.8 Å². The molecule has 0 spiro atoms. The summed E-state index contributed by atoms with van der Waals surface area (Å²) in [5, 5.41) is 4.43. The number of hydrogen-bond donors (Lipinski definition) is 2. The van der Waals surface area contributed by atoms with E-state index in [9.17, 15) is 0 Å². The van der Waals surface area contributed by atoms with Crippen LogP contribution >= 0.6 is 34.8 Å². The molecule has 17 heavy (non-hydrogen) atoms. The zero-order valence-electron chi connectivity index (χ0n) is 9.22. The van der Waals surface area contributed by atoms with Gasteiger partial charge in [0.05, 0.1) is 10.0 Å². The molecule has 6 heteroatoms. The van der Waals surface area contributed by atoms with Gasteiger partial charge in [-0.15, -0.1) is 0 Å². The fourth-order valence-electron chi connectivity index (χ4n) is 2.20. The third-order valence-corrected chi connectivity index (χ3v) is 4.26. The molecule has 1 atom stereocenters. The largest absolute Gasteiger partial charge is 0.324 e. The van der Waals surface area contributed by atoms with E-state index in [1.54, 1.807) is 0 Å². The molecule has 0 unspecified atom stereocenters. The van der Waals surface area contributed by atoms with Crippen LogP contribution in [-0.2, 0) is 0 Å². The summed E-state index contributed by atoms with van der Waals surface area (Å²) in [4.78, 5) is 3.90. The van der Waals surface area contributed by atoms with Crippen molar-refractivity contribution >= 4 is 34.8 Å². The number of hydrogen-bond acceptors (Lipinski definition) is 3. The van der Waals surface area contributed by atoms with Gasteiger partial charge in [-0.3, -0.25) is 0 Å². The first kappa shape index (κ1) is 13.4. The Morgan fingerprint density at radius 3 is 2.59 bits per heavy atom. The molecule has 0 aromatic carbocycles. The molecule has 1 aliphatic rings. The number of aromatic nitrogens is 1. The van der Waals surface area contributed by atoms with Gasteiger partial charge in [0.2, 0.25) is 0 Å². The minimum Gasteiger partial charge on any atom is -0.324 e. The predicted octanol–water partition coefficient (Wildman–Crippen LogP) is 3.04. The van der Waals surface area contributed by atoms with E-state index in [2.05, 4.69) is 10.3 Å². The SMILES string of the molecule is N[C@@H](c1c(Cl)cnc(Cl)c1Cl)C1CCNCC1. The van der Waals surface area contributed by atoms with Crippen LogP contribution < -0.4 is 11.1 Å². The van der Waals surface area contributed by atoms with Crippen molar-refractivity contribution in [1.29, 1.82) is 0 Å². The van der Waals surface area contributed by atoms with Crippen LogP contribution in [0, 0.1) is 5.92 Å². The Labute approximate surface area is 116 Å². The van der Waals surface area contributed by atoms with Gasteiger partial charge in [0.15, 0.2) is 0 Å². The number of halogens is 3. The highest BCUT2D eigenvalue weighted by Crippen LogP contribution is 2.38.